The molecule has 0 aliphatic rings. The summed E-state index contributed by atoms with van der Waals surface area (Å²) in [4.78, 5) is 47.4. The first-order valence-corrected chi connectivity index (χ1v) is 20.2. The van der Waals surface area contributed by atoms with Gasteiger partial charge in [-0.05, 0) is 83.5 Å². The maximum Gasteiger partial charge on any atom is 0.328 e. The van der Waals surface area contributed by atoms with E-state index in [0.29, 0.717) is 12.8 Å². The van der Waals surface area contributed by atoms with Gasteiger partial charge in [0.05, 0.1) is 13.2 Å². The fourth-order valence-electron chi connectivity index (χ4n) is 5.39. The van der Waals surface area contributed by atoms with Crippen LogP contribution in [0.5, 0.6) is 0 Å². The van der Waals surface area contributed by atoms with Gasteiger partial charge in [0.2, 0.25) is 11.8 Å². The topological polar surface area (TPSA) is 142 Å². The first-order chi connectivity index (χ1) is 25.3. The minimum Gasteiger partial charge on any atom is -0.480 e. The summed E-state index contributed by atoms with van der Waals surface area (Å²) in [6.07, 6.45) is 43.9. The van der Waals surface area contributed by atoms with Gasteiger partial charge >= 0.3 is 11.9 Å². The smallest absolute Gasteiger partial charge is 0.328 e. The number of carboxylic acids is 1. The molecule has 4 N–H and O–H groups in total. The highest BCUT2D eigenvalue weighted by Gasteiger charge is 2.19. The Morgan fingerprint density at radius 3 is 1.75 bits per heavy atom. The number of aliphatic hydroxyl groups excluding tert-OH is 1. The lowest BCUT2D eigenvalue weighted by Crippen LogP contribution is -2.47. The van der Waals surface area contributed by atoms with Crippen LogP contribution in [0.25, 0.3) is 0 Å². The van der Waals surface area contributed by atoms with Crippen molar-refractivity contribution in [3.63, 3.8) is 0 Å². The molecule has 0 saturated heterocycles. The number of carbonyl (C=O) groups is 4. The Morgan fingerprint density at radius 1 is 0.596 bits per heavy atom. The zero-order valence-electron chi connectivity index (χ0n) is 32.5. The van der Waals surface area contributed by atoms with Crippen molar-refractivity contribution in [3.8, 4) is 0 Å². The summed E-state index contributed by atoms with van der Waals surface area (Å²) in [7, 11) is 0. The highest BCUT2D eigenvalue weighted by atomic mass is 16.5. The number of aliphatic hydroxyl groups is 1. The van der Waals surface area contributed by atoms with Gasteiger partial charge < -0.3 is 25.6 Å². The van der Waals surface area contributed by atoms with Gasteiger partial charge in [0.25, 0.3) is 0 Å². The Hall–Kier alpha value is -3.46. The number of esters is 1. The standard InChI is InChI=1S/C43H72N2O7/c1-3-5-7-9-11-13-15-16-18-19-21-24-28-32-38(52-42(49)35-31-27-22-20-17-14-12-10-8-6-4-2)33-29-25-23-26-30-34-40(47)44-36-41(48)45-39(37-46)43(50)51/h5,7,10-13,16,18,21,24,38-39,46H,3-4,6,8-9,14-15,17,19-20,22-23,25-37H2,1-2H3,(H,44,47)(H,45,48)(H,50,51)/b7-5-,12-10-,13-11-,18-16-,24-21-. The van der Waals surface area contributed by atoms with Gasteiger partial charge in [0, 0.05) is 12.8 Å². The van der Waals surface area contributed by atoms with Gasteiger partial charge in [0.15, 0.2) is 0 Å². The molecule has 9 nitrogen and oxygen atoms in total. The molecule has 2 unspecified atom stereocenters. The second-order valence-corrected chi connectivity index (χ2v) is 13.3. The van der Waals surface area contributed by atoms with Crippen molar-refractivity contribution >= 4 is 23.8 Å². The number of nitrogens with one attached hydrogen (secondary N) is 2. The van der Waals surface area contributed by atoms with E-state index in [4.69, 9.17) is 14.9 Å². The number of carboxylic acid groups (broad SMARTS) is 1. The number of ether oxygens (including phenoxy) is 1. The number of aliphatic carboxylic acids is 1. The molecule has 0 aromatic carbocycles. The number of allylic oxidation sites excluding steroid dienone is 10. The average molecular weight is 729 g/mol. The molecule has 0 aliphatic heterocycles. The third-order valence-corrected chi connectivity index (χ3v) is 8.51. The zero-order valence-corrected chi connectivity index (χ0v) is 32.5. The fraction of sp³-hybridized carbons (Fsp3) is 0.674. The first-order valence-electron chi connectivity index (χ1n) is 20.2. The second kappa shape index (κ2) is 37.3. The Kier molecular flexibility index (Phi) is 34.8. The number of hydrogen-bond donors (Lipinski definition) is 4. The van der Waals surface area contributed by atoms with Crippen LogP contribution in [0.4, 0.5) is 0 Å². The molecule has 2 amide bonds. The summed E-state index contributed by atoms with van der Waals surface area (Å²) in [6, 6.07) is -1.39. The van der Waals surface area contributed by atoms with Gasteiger partial charge in [-0.2, -0.15) is 0 Å². The third kappa shape index (κ3) is 33.7. The van der Waals surface area contributed by atoms with Gasteiger partial charge in [-0.25, -0.2) is 4.79 Å². The fourth-order valence-corrected chi connectivity index (χ4v) is 5.39. The van der Waals surface area contributed by atoms with Crippen molar-refractivity contribution in [1.82, 2.24) is 10.6 Å². The lowest BCUT2D eigenvalue weighted by Gasteiger charge is -2.17. The van der Waals surface area contributed by atoms with Crippen molar-refractivity contribution in [2.24, 2.45) is 0 Å². The van der Waals surface area contributed by atoms with Gasteiger partial charge in [-0.15, -0.1) is 0 Å². The Labute approximate surface area is 315 Å². The molecule has 9 heteroatoms. The van der Waals surface area contributed by atoms with Crippen molar-refractivity contribution in [2.45, 2.75) is 174 Å². The van der Waals surface area contributed by atoms with Crippen LogP contribution in [0.3, 0.4) is 0 Å². The molecular formula is C43H72N2O7. The van der Waals surface area contributed by atoms with Crippen LogP contribution in [0, 0.1) is 0 Å². The normalized spacial score (nSPS) is 13.1. The van der Waals surface area contributed by atoms with E-state index in [2.05, 4.69) is 85.2 Å². The van der Waals surface area contributed by atoms with E-state index in [-0.39, 0.29) is 30.9 Å². The van der Waals surface area contributed by atoms with Crippen LogP contribution >= 0.6 is 0 Å². The van der Waals surface area contributed by atoms with Crippen molar-refractivity contribution in [1.29, 1.82) is 0 Å². The molecule has 0 aromatic rings. The number of unbranched alkanes of at least 4 members (excludes halogenated alkanes) is 11. The molecule has 0 bridgehead atoms. The molecule has 0 saturated carbocycles. The lowest BCUT2D eigenvalue weighted by molar-refractivity contribution is -0.150. The molecule has 0 radical (unpaired) electrons. The summed E-state index contributed by atoms with van der Waals surface area (Å²) in [5.41, 5.74) is 0. The molecule has 0 aromatic heterocycles. The Bertz CT molecular complexity index is 1060. The maximum atomic E-state index is 12.7. The molecule has 0 fully saturated rings. The Balaban J connectivity index is 4.47. The van der Waals surface area contributed by atoms with Crippen molar-refractivity contribution < 1.29 is 34.1 Å². The van der Waals surface area contributed by atoms with E-state index in [9.17, 15) is 19.2 Å². The second-order valence-electron chi connectivity index (χ2n) is 13.3. The SMILES string of the molecule is CC/C=C\C/C=C\C/C=C\C/C=C\CCC(CCCCCCCC(=O)NCC(=O)NC(CO)C(=O)O)OC(=O)CCCCCCC/C=C\CCCC. The van der Waals surface area contributed by atoms with E-state index >= 15 is 0 Å². The number of rotatable bonds is 35. The van der Waals surface area contributed by atoms with E-state index < -0.39 is 24.5 Å². The molecule has 52 heavy (non-hydrogen) atoms. The maximum absolute atomic E-state index is 12.7. The van der Waals surface area contributed by atoms with Crippen molar-refractivity contribution in [3.05, 3.63) is 60.8 Å². The van der Waals surface area contributed by atoms with Crippen LogP contribution in [0.2, 0.25) is 0 Å². The first kappa shape index (κ1) is 48.5. The average Bonchev–Trinajstić information content (AvgIpc) is 3.13. The van der Waals surface area contributed by atoms with Crippen LogP contribution < -0.4 is 10.6 Å². The monoisotopic (exact) mass is 729 g/mol. The van der Waals surface area contributed by atoms with Crippen molar-refractivity contribution in [2.75, 3.05) is 13.2 Å². The van der Waals surface area contributed by atoms with Crippen LogP contribution in [-0.2, 0) is 23.9 Å². The molecule has 296 valence electrons. The molecule has 2 atom stereocenters. The van der Waals surface area contributed by atoms with E-state index in [1.54, 1.807) is 0 Å². The summed E-state index contributed by atoms with van der Waals surface area (Å²) in [5.74, 6) is -2.37. The van der Waals surface area contributed by atoms with Gasteiger partial charge in [-0.3, -0.25) is 14.4 Å². The van der Waals surface area contributed by atoms with Gasteiger partial charge in [0.1, 0.15) is 12.1 Å². The highest BCUT2D eigenvalue weighted by molar-refractivity contribution is 5.87. The number of hydrogen-bond acceptors (Lipinski definition) is 6. The lowest BCUT2D eigenvalue weighted by atomic mass is 10.0. The van der Waals surface area contributed by atoms with Crippen LogP contribution in [0.1, 0.15) is 162 Å². The van der Waals surface area contributed by atoms with Crippen LogP contribution in [0.15, 0.2) is 60.8 Å². The van der Waals surface area contributed by atoms with E-state index in [1.807, 2.05) is 0 Å². The molecule has 0 spiro atoms. The minimum atomic E-state index is -1.39. The molecule has 0 aliphatic carbocycles. The quantitative estimate of drug-likeness (QED) is 0.0289. The predicted octanol–water partition coefficient (Wildman–Crippen LogP) is 9.37. The van der Waals surface area contributed by atoms with Gasteiger partial charge in [-0.1, -0.05) is 126 Å². The molecular weight excluding hydrogens is 656 g/mol. The summed E-state index contributed by atoms with van der Waals surface area (Å²) in [6.45, 7) is 3.30. The zero-order chi connectivity index (χ0) is 38.3. The Morgan fingerprint density at radius 2 is 1.13 bits per heavy atom. The number of carbonyl (C=O) groups excluding carboxylic acids is 3. The third-order valence-electron chi connectivity index (χ3n) is 8.51. The summed E-state index contributed by atoms with van der Waals surface area (Å²) < 4.78 is 5.96. The highest BCUT2D eigenvalue weighted by Crippen LogP contribution is 2.17. The van der Waals surface area contributed by atoms with E-state index in [1.165, 1.54) is 32.1 Å². The van der Waals surface area contributed by atoms with Crippen LogP contribution in [-0.4, -0.2) is 59.3 Å². The largest absolute Gasteiger partial charge is 0.480 e. The minimum absolute atomic E-state index is 0.0939. The predicted molar refractivity (Wildman–Crippen MR) is 213 cm³/mol. The van der Waals surface area contributed by atoms with E-state index in [0.717, 1.165) is 96.3 Å². The molecule has 0 rings (SSSR count). The summed E-state index contributed by atoms with van der Waals surface area (Å²) in [5, 5.41) is 22.5. The number of amides is 2. The summed E-state index contributed by atoms with van der Waals surface area (Å²) >= 11 is 0. The molecule has 0 heterocycles.